The number of carbonyl (C=O) groups is 1. The van der Waals surface area contributed by atoms with Crippen LogP contribution in [-0.4, -0.2) is 26.6 Å². The molecule has 0 aliphatic carbocycles. The molecule has 1 aliphatic heterocycles. The Morgan fingerprint density at radius 2 is 1.93 bits per heavy atom. The van der Waals surface area contributed by atoms with Crippen LogP contribution in [0.25, 0.3) is 23.0 Å². The third-order valence-corrected chi connectivity index (χ3v) is 5.46. The van der Waals surface area contributed by atoms with Crippen LogP contribution in [0, 0.1) is 0 Å². The maximum atomic E-state index is 12.1. The summed E-state index contributed by atoms with van der Waals surface area (Å²) in [6.45, 7) is 2.76. The first-order chi connectivity index (χ1) is 14.1. The van der Waals surface area contributed by atoms with E-state index in [0.29, 0.717) is 15.8 Å². The van der Waals surface area contributed by atoms with Crippen molar-refractivity contribution in [3.05, 3.63) is 71.3 Å². The number of aromatic nitrogens is 2. The molecule has 146 valence electrons. The van der Waals surface area contributed by atoms with E-state index in [0.717, 1.165) is 34.7 Å². The number of nitrogens with zero attached hydrogens (tertiary/aromatic N) is 2. The maximum Gasteiger partial charge on any atom is 0.263 e. The van der Waals surface area contributed by atoms with Crippen molar-refractivity contribution in [3.63, 3.8) is 0 Å². The van der Waals surface area contributed by atoms with Gasteiger partial charge in [0.2, 0.25) is 0 Å². The standard InChI is InChI=1S/C22H19N3O2S2/c1-2-12-27-18-10-8-15(9-11-18)20-16(13-19-21(26)23-22(28)29-19)14-25(24-20)17-6-4-3-5-7-17/h3-11,13-14H,2,12H2,1H3,(H,23,26,28)/b19-13+. The highest BCUT2D eigenvalue weighted by molar-refractivity contribution is 8.26. The fraction of sp³-hybridized carbons (Fsp3) is 0.136. The van der Waals surface area contributed by atoms with Gasteiger partial charge in [-0.25, -0.2) is 4.68 Å². The van der Waals surface area contributed by atoms with Gasteiger partial charge in [0, 0.05) is 17.3 Å². The Hall–Kier alpha value is -2.90. The van der Waals surface area contributed by atoms with Gasteiger partial charge >= 0.3 is 0 Å². The molecular formula is C22H19N3O2S2. The van der Waals surface area contributed by atoms with E-state index in [9.17, 15) is 4.79 Å². The lowest BCUT2D eigenvalue weighted by molar-refractivity contribution is -0.115. The quantitative estimate of drug-likeness (QED) is 0.457. The first kappa shape index (κ1) is 19.4. The minimum Gasteiger partial charge on any atom is -0.494 e. The number of hydrogen-bond acceptors (Lipinski definition) is 5. The van der Waals surface area contributed by atoms with Crippen molar-refractivity contribution >= 4 is 40.3 Å². The van der Waals surface area contributed by atoms with E-state index >= 15 is 0 Å². The predicted molar refractivity (Wildman–Crippen MR) is 121 cm³/mol. The lowest BCUT2D eigenvalue weighted by atomic mass is 10.1. The fourth-order valence-electron chi connectivity index (χ4n) is 2.92. The van der Waals surface area contributed by atoms with E-state index in [1.54, 1.807) is 0 Å². The Morgan fingerprint density at radius 3 is 2.59 bits per heavy atom. The fourth-order valence-corrected chi connectivity index (χ4v) is 3.96. The van der Waals surface area contributed by atoms with Crippen LogP contribution in [0.2, 0.25) is 0 Å². The molecule has 1 aromatic heterocycles. The molecule has 5 nitrogen and oxygen atoms in total. The second kappa shape index (κ2) is 8.63. The molecule has 4 rings (SSSR count). The van der Waals surface area contributed by atoms with Crippen LogP contribution in [0.4, 0.5) is 0 Å². The molecule has 29 heavy (non-hydrogen) atoms. The largest absolute Gasteiger partial charge is 0.494 e. The number of hydrogen-bond donors (Lipinski definition) is 1. The van der Waals surface area contributed by atoms with Crippen LogP contribution in [0.3, 0.4) is 0 Å². The summed E-state index contributed by atoms with van der Waals surface area (Å²) in [5.74, 6) is 0.649. The number of amides is 1. The number of rotatable bonds is 6. The second-order valence-electron chi connectivity index (χ2n) is 6.44. The van der Waals surface area contributed by atoms with E-state index in [2.05, 4.69) is 12.2 Å². The molecule has 3 aromatic rings. The van der Waals surface area contributed by atoms with Crippen LogP contribution >= 0.6 is 24.0 Å². The summed E-state index contributed by atoms with van der Waals surface area (Å²) < 4.78 is 7.96. The third-order valence-electron chi connectivity index (χ3n) is 4.29. The molecule has 1 aliphatic rings. The van der Waals surface area contributed by atoms with E-state index in [4.69, 9.17) is 22.1 Å². The molecule has 0 unspecified atom stereocenters. The van der Waals surface area contributed by atoms with Crippen LogP contribution in [0.15, 0.2) is 65.7 Å². The minimum absolute atomic E-state index is 0.179. The van der Waals surface area contributed by atoms with Crippen LogP contribution in [-0.2, 0) is 4.79 Å². The lowest BCUT2D eigenvalue weighted by Crippen LogP contribution is -2.17. The first-order valence-corrected chi connectivity index (χ1v) is 10.5. The number of para-hydroxylation sites is 1. The number of benzene rings is 2. The molecular weight excluding hydrogens is 402 g/mol. The normalized spacial score (nSPS) is 15.0. The molecule has 7 heteroatoms. The van der Waals surface area contributed by atoms with Crippen molar-refractivity contribution in [2.75, 3.05) is 6.61 Å². The molecule has 1 fully saturated rings. The summed E-state index contributed by atoms with van der Waals surface area (Å²) in [6.07, 6.45) is 4.72. The average molecular weight is 422 g/mol. The summed E-state index contributed by atoms with van der Waals surface area (Å²) in [4.78, 5) is 12.7. The zero-order chi connectivity index (χ0) is 20.2. The number of ether oxygens (including phenoxy) is 1. The van der Waals surface area contributed by atoms with Crippen LogP contribution in [0.1, 0.15) is 18.9 Å². The SMILES string of the molecule is CCCOc1ccc(-c2nn(-c3ccccc3)cc2/C=C2/SC(=S)NC2=O)cc1. The summed E-state index contributed by atoms with van der Waals surface area (Å²) in [5.41, 5.74) is 3.52. The summed E-state index contributed by atoms with van der Waals surface area (Å²) in [7, 11) is 0. The van der Waals surface area contributed by atoms with Gasteiger partial charge in [-0.1, -0.05) is 49.1 Å². The van der Waals surface area contributed by atoms with Gasteiger partial charge in [-0.15, -0.1) is 0 Å². The molecule has 0 atom stereocenters. The summed E-state index contributed by atoms with van der Waals surface area (Å²) >= 11 is 6.37. The van der Waals surface area contributed by atoms with Gasteiger partial charge < -0.3 is 10.1 Å². The Bertz CT molecular complexity index is 1070. The van der Waals surface area contributed by atoms with Crippen LogP contribution < -0.4 is 10.1 Å². The van der Waals surface area contributed by atoms with E-state index in [1.807, 2.05) is 71.6 Å². The van der Waals surface area contributed by atoms with E-state index in [-0.39, 0.29) is 5.91 Å². The first-order valence-electron chi connectivity index (χ1n) is 9.27. The summed E-state index contributed by atoms with van der Waals surface area (Å²) in [6, 6.07) is 17.7. The minimum atomic E-state index is -0.179. The van der Waals surface area contributed by atoms with Crippen molar-refractivity contribution in [1.29, 1.82) is 0 Å². The molecule has 1 N–H and O–H groups in total. The Morgan fingerprint density at radius 1 is 1.17 bits per heavy atom. The molecule has 0 spiro atoms. The van der Waals surface area contributed by atoms with Gasteiger partial charge in [-0.05, 0) is 48.9 Å². The molecule has 0 saturated carbocycles. The van der Waals surface area contributed by atoms with Gasteiger partial charge in [0.25, 0.3) is 5.91 Å². The number of thiocarbonyl (C=S) groups is 1. The molecule has 2 heterocycles. The molecule has 1 amide bonds. The van der Waals surface area contributed by atoms with Crippen molar-refractivity contribution in [1.82, 2.24) is 15.1 Å². The summed E-state index contributed by atoms with van der Waals surface area (Å²) in [5, 5.41) is 7.44. The average Bonchev–Trinajstić information content (AvgIpc) is 3.30. The topological polar surface area (TPSA) is 56.1 Å². The maximum absolute atomic E-state index is 12.1. The monoisotopic (exact) mass is 421 g/mol. The highest BCUT2D eigenvalue weighted by Crippen LogP contribution is 2.31. The predicted octanol–water partition coefficient (Wildman–Crippen LogP) is 4.82. The highest BCUT2D eigenvalue weighted by Gasteiger charge is 2.23. The van der Waals surface area contributed by atoms with Gasteiger partial charge in [0.15, 0.2) is 0 Å². The number of nitrogens with one attached hydrogen (secondary N) is 1. The van der Waals surface area contributed by atoms with Gasteiger partial charge in [-0.2, -0.15) is 5.10 Å². The Kier molecular flexibility index (Phi) is 5.78. The second-order valence-corrected chi connectivity index (χ2v) is 8.16. The van der Waals surface area contributed by atoms with E-state index in [1.165, 1.54) is 11.8 Å². The molecule has 2 aromatic carbocycles. The lowest BCUT2D eigenvalue weighted by Gasteiger charge is -2.05. The van der Waals surface area contributed by atoms with Gasteiger partial charge in [0.05, 0.1) is 22.9 Å². The Labute approximate surface area is 178 Å². The number of carbonyl (C=O) groups excluding carboxylic acids is 1. The molecule has 0 radical (unpaired) electrons. The zero-order valence-electron chi connectivity index (χ0n) is 15.8. The smallest absolute Gasteiger partial charge is 0.263 e. The highest BCUT2D eigenvalue weighted by atomic mass is 32.2. The van der Waals surface area contributed by atoms with E-state index < -0.39 is 0 Å². The Balaban J connectivity index is 1.75. The zero-order valence-corrected chi connectivity index (χ0v) is 17.4. The van der Waals surface area contributed by atoms with Crippen molar-refractivity contribution in [3.8, 4) is 22.7 Å². The third kappa shape index (κ3) is 4.41. The van der Waals surface area contributed by atoms with Crippen molar-refractivity contribution in [2.45, 2.75) is 13.3 Å². The van der Waals surface area contributed by atoms with Crippen LogP contribution in [0.5, 0.6) is 5.75 Å². The number of thioether (sulfide) groups is 1. The molecule has 0 bridgehead atoms. The van der Waals surface area contributed by atoms with Gasteiger partial charge in [0.1, 0.15) is 10.1 Å². The van der Waals surface area contributed by atoms with Crippen molar-refractivity contribution in [2.24, 2.45) is 0 Å². The van der Waals surface area contributed by atoms with Crippen molar-refractivity contribution < 1.29 is 9.53 Å². The molecule has 1 saturated heterocycles. The van der Waals surface area contributed by atoms with Gasteiger partial charge in [-0.3, -0.25) is 4.79 Å².